The second-order valence-electron chi connectivity index (χ2n) is 14.5. The Morgan fingerprint density at radius 2 is 1.73 bits per heavy atom. The average Bonchev–Trinajstić information content (AvgIpc) is 3.76. The van der Waals surface area contributed by atoms with Crippen molar-refractivity contribution in [1.82, 2.24) is 5.32 Å². The summed E-state index contributed by atoms with van der Waals surface area (Å²) in [6, 6.07) is 0.365. The van der Waals surface area contributed by atoms with Gasteiger partial charge >= 0.3 is 17.9 Å². The second kappa shape index (κ2) is 13.6. The summed E-state index contributed by atoms with van der Waals surface area (Å²) < 4.78 is 44.0. The molecule has 0 unspecified atom stereocenters. The molecule has 1 saturated carbocycles. The van der Waals surface area contributed by atoms with Crippen molar-refractivity contribution in [3.05, 3.63) is 11.6 Å². The van der Waals surface area contributed by atoms with Crippen molar-refractivity contribution >= 4 is 17.9 Å². The normalized spacial score (nSPS) is 36.8. The molecule has 0 aromatic carbocycles. The molecule has 0 bridgehead atoms. The molecule has 2 aliphatic heterocycles. The van der Waals surface area contributed by atoms with E-state index in [4.69, 9.17) is 33.2 Å². The van der Waals surface area contributed by atoms with Gasteiger partial charge in [-0.15, -0.1) is 0 Å². The van der Waals surface area contributed by atoms with E-state index in [1.807, 2.05) is 40.8 Å². The Hall–Kier alpha value is -2.05. The summed E-state index contributed by atoms with van der Waals surface area (Å²) in [7, 11) is 3.61. The summed E-state index contributed by atoms with van der Waals surface area (Å²) in [6.07, 6.45) is 2.61. The van der Waals surface area contributed by atoms with E-state index in [1.165, 1.54) is 13.8 Å². The summed E-state index contributed by atoms with van der Waals surface area (Å²) in [5.41, 5.74) is -1.48. The van der Waals surface area contributed by atoms with Gasteiger partial charge < -0.3 is 38.5 Å². The molecule has 11 nitrogen and oxygen atoms in total. The molecule has 0 radical (unpaired) electrons. The SMILES string of the molecule is CNC1CCC(OC)(O[C@H]([C@H](C)OC(C)=O)[C@H]2O[C@@H]3C=C(C)[C@@H](OC(=O)CC(C)C)C[C@]3(COC(C)=O)C(C)(C)[C@]23CO3)CC1. The highest BCUT2D eigenvalue weighted by Crippen LogP contribution is 2.66. The van der Waals surface area contributed by atoms with Gasteiger partial charge in [0.2, 0.25) is 0 Å². The zero-order valence-corrected chi connectivity index (χ0v) is 28.9. The van der Waals surface area contributed by atoms with E-state index in [-0.39, 0.29) is 18.5 Å². The molecule has 256 valence electrons. The van der Waals surface area contributed by atoms with E-state index in [0.29, 0.717) is 38.3 Å². The van der Waals surface area contributed by atoms with Crippen LogP contribution < -0.4 is 5.32 Å². The minimum absolute atomic E-state index is 0.0538. The average molecular weight is 638 g/mol. The lowest BCUT2D eigenvalue weighted by Crippen LogP contribution is -2.71. The molecule has 1 N–H and O–H groups in total. The Kier molecular flexibility index (Phi) is 10.8. The van der Waals surface area contributed by atoms with E-state index < -0.39 is 64.7 Å². The first-order valence-corrected chi connectivity index (χ1v) is 16.4. The quantitative estimate of drug-likeness (QED) is 0.108. The minimum Gasteiger partial charge on any atom is -0.465 e. The fraction of sp³-hybridized carbons (Fsp3) is 0.853. The maximum atomic E-state index is 12.8. The lowest BCUT2D eigenvalue weighted by molar-refractivity contribution is -0.326. The first kappa shape index (κ1) is 35.8. The van der Waals surface area contributed by atoms with Crippen LogP contribution >= 0.6 is 0 Å². The highest BCUT2D eigenvalue weighted by molar-refractivity contribution is 5.70. The van der Waals surface area contributed by atoms with Crippen LogP contribution in [0.4, 0.5) is 0 Å². The van der Waals surface area contributed by atoms with Gasteiger partial charge in [0.25, 0.3) is 0 Å². The van der Waals surface area contributed by atoms with Gasteiger partial charge in [-0.2, -0.15) is 0 Å². The summed E-state index contributed by atoms with van der Waals surface area (Å²) >= 11 is 0. The molecule has 45 heavy (non-hydrogen) atoms. The number of fused-ring (bicyclic) bond motifs is 1. The number of esters is 3. The van der Waals surface area contributed by atoms with Gasteiger partial charge in [0.05, 0.1) is 12.7 Å². The van der Waals surface area contributed by atoms with E-state index in [1.54, 1.807) is 7.11 Å². The minimum atomic E-state index is -0.893. The highest BCUT2D eigenvalue weighted by Gasteiger charge is 2.77. The molecular formula is C34H55NO10. The van der Waals surface area contributed by atoms with Crippen LogP contribution in [-0.4, -0.2) is 93.2 Å². The lowest BCUT2D eigenvalue weighted by Gasteiger charge is -2.62. The van der Waals surface area contributed by atoms with Crippen molar-refractivity contribution in [3.8, 4) is 0 Å². The van der Waals surface area contributed by atoms with Crippen LogP contribution in [0.15, 0.2) is 11.6 Å². The molecule has 4 rings (SSSR count). The van der Waals surface area contributed by atoms with Gasteiger partial charge in [0.1, 0.15) is 36.6 Å². The maximum absolute atomic E-state index is 12.8. The lowest BCUT2D eigenvalue weighted by atomic mass is 9.50. The smallest absolute Gasteiger partial charge is 0.306 e. The van der Waals surface area contributed by atoms with Crippen molar-refractivity contribution in [2.24, 2.45) is 16.7 Å². The number of rotatable bonds is 12. The first-order valence-electron chi connectivity index (χ1n) is 16.4. The van der Waals surface area contributed by atoms with E-state index >= 15 is 0 Å². The van der Waals surface area contributed by atoms with Crippen molar-refractivity contribution in [1.29, 1.82) is 0 Å². The highest BCUT2D eigenvalue weighted by atomic mass is 16.7. The predicted molar refractivity (Wildman–Crippen MR) is 165 cm³/mol. The van der Waals surface area contributed by atoms with Crippen LogP contribution in [0.3, 0.4) is 0 Å². The number of ether oxygens (including phenoxy) is 7. The number of carbonyl (C=O) groups excluding carboxylic acids is 3. The monoisotopic (exact) mass is 637 g/mol. The fourth-order valence-corrected chi connectivity index (χ4v) is 7.81. The van der Waals surface area contributed by atoms with Crippen molar-refractivity contribution in [2.75, 3.05) is 27.4 Å². The molecule has 4 aliphatic rings. The summed E-state index contributed by atoms with van der Waals surface area (Å²) in [5, 5.41) is 3.35. The molecular weight excluding hydrogens is 582 g/mol. The van der Waals surface area contributed by atoms with Gasteiger partial charge in [-0.05, 0) is 45.2 Å². The van der Waals surface area contributed by atoms with Crippen molar-refractivity contribution < 1.29 is 47.5 Å². The first-order chi connectivity index (χ1) is 21.0. The molecule has 0 aromatic rings. The third-order valence-corrected chi connectivity index (χ3v) is 10.9. The van der Waals surface area contributed by atoms with E-state index in [0.717, 1.165) is 18.4 Å². The summed E-state index contributed by atoms with van der Waals surface area (Å²) in [5.74, 6) is -1.83. The summed E-state index contributed by atoms with van der Waals surface area (Å²) in [6.45, 7) is 15.1. The maximum Gasteiger partial charge on any atom is 0.306 e. The van der Waals surface area contributed by atoms with Crippen LogP contribution in [0.2, 0.25) is 0 Å². The molecule has 0 amide bonds. The molecule has 0 aromatic heterocycles. The van der Waals surface area contributed by atoms with Crippen LogP contribution in [0, 0.1) is 16.7 Å². The molecule has 11 heteroatoms. The number of nitrogens with one attached hydrogen (secondary N) is 1. The Morgan fingerprint density at radius 1 is 1.09 bits per heavy atom. The zero-order valence-electron chi connectivity index (χ0n) is 28.9. The Balaban J connectivity index is 1.76. The molecule has 3 fully saturated rings. The third kappa shape index (κ3) is 6.98. The van der Waals surface area contributed by atoms with Gasteiger partial charge in [0.15, 0.2) is 5.79 Å². The van der Waals surface area contributed by atoms with Gasteiger partial charge in [-0.1, -0.05) is 33.8 Å². The standard InChI is InChI=1S/C34H55NO10/c1-20(2)15-28(38)43-26-17-32(18-40-23(5)36)27(16-21(26)3)44-30(34(19-41-34)31(32,7)8)29(22(4)42-24(6)37)45-33(39-10)13-11-25(35-9)12-14-33/h16,20,22,25-27,29-30,35H,11-15,17-19H2,1-10H3/t22-,25?,26-,27+,29+,30+,32+,33?,34-/m0/s1. The van der Waals surface area contributed by atoms with Gasteiger partial charge in [-0.3, -0.25) is 14.4 Å². The van der Waals surface area contributed by atoms with Crippen LogP contribution in [-0.2, 0) is 47.5 Å². The topological polar surface area (TPSA) is 131 Å². The van der Waals surface area contributed by atoms with Crippen molar-refractivity contribution in [3.63, 3.8) is 0 Å². The number of epoxide rings is 1. The third-order valence-electron chi connectivity index (χ3n) is 10.9. The Labute approximate surface area is 268 Å². The van der Waals surface area contributed by atoms with Crippen LogP contribution in [0.1, 0.15) is 93.9 Å². The summed E-state index contributed by atoms with van der Waals surface area (Å²) in [4.78, 5) is 37.3. The molecule has 2 heterocycles. The molecule has 1 spiro atoms. The van der Waals surface area contributed by atoms with E-state index in [9.17, 15) is 14.4 Å². The van der Waals surface area contributed by atoms with Crippen LogP contribution in [0.5, 0.6) is 0 Å². The molecule has 7 atom stereocenters. The van der Waals surface area contributed by atoms with Crippen molar-refractivity contribution in [2.45, 2.75) is 142 Å². The Morgan fingerprint density at radius 3 is 2.24 bits per heavy atom. The fourth-order valence-electron chi connectivity index (χ4n) is 7.81. The van der Waals surface area contributed by atoms with Gasteiger partial charge in [-0.25, -0.2) is 0 Å². The second-order valence-corrected chi connectivity index (χ2v) is 14.5. The molecule has 2 saturated heterocycles. The largest absolute Gasteiger partial charge is 0.465 e. The van der Waals surface area contributed by atoms with Gasteiger partial charge in [0, 0.05) is 63.5 Å². The number of hydrogen-bond acceptors (Lipinski definition) is 11. The zero-order chi connectivity index (χ0) is 33.4. The Bertz CT molecular complexity index is 1120. The molecule has 2 aliphatic carbocycles. The number of methoxy groups -OCH3 is 1. The number of carbonyl (C=O) groups is 3. The number of hydrogen-bond donors (Lipinski definition) is 1. The predicted octanol–water partition coefficient (Wildman–Crippen LogP) is 4.25. The van der Waals surface area contributed by atoms with E-state index in [2.05, 4.69) is 19.2 Å². The van der Waals surface area contributed by atoms with Crippen LogP contribution in [0.25, 0.3) is 0 Å².